The standard InChI is InChI=1S/C18H34N2/c1-4-18(11-8-12-18)20-14-17(9-6-5-7-10-17)19-13-16(20)15(2)3/h15-16,19H,4-14H2,1-3H3. The number of hydrogen-bond donors (Lipinski definition) is 1. The summed E-state index contributed by atoms with van der Waals surface area (Å²) < 4.78 is 0. The maximum atomic E-state index is 4.00. The summed E-state index contributed by atoms with van der Waals surface area (Å²) in [6, 6.07) is 0.753. The summed E-state index contributed by atoms with van der Waals surface area (Å²) in [5.74, 6) is 0.771. The molecule has 0 amide bonds. The monoisotopic (exact) mass is 278 g/mol. The molecule has 20 heavy (non-hydrogen) atoms. The maximum absolute atomic E-state index is 4.00. The molecule has 1 N–H and O–H groups in total. The fourth-order valence-corrected chi connectivity index (χ4v) is 5.04. The first-order chi connectivity index (χ1) is 9.61. The topological polar surface area (TPSA) is 15.3 Å². The Morgan fingerprint density at radius 1 is 1.05 bits per heavy atom. The van der Waals surface area contributed by atoms with E-state index in [4.69, 9.17) is 0 Å². The van der Waals surface area contributed by atoms with Crippen LogP contribution in [0.2, 0.25) is 0 Å². The molecule has 1 atom stereocenters. The molecular weight excluding hydrogens is 244 g/mol. The second-order valence-electron chi connectivity index (χ2n) is 8.09. The molecule has 0 aromatic heterocycles. The third-order valence-corrected chi connectivity index (χ3v) is 6.69. The Balaban J connectivity index is 1.81. The summed E-state index contributed by atoms with van der Waals surface area (Å²) in [5, 5.41) is 4.00. The molecule has 2 nitrogen and oxygen atoms in total. The molecule has 3 fully saturated rings. The fraction of sp³-hybridized carbons (Fsp3) is 1.00. The first kappa shape index (κ1) is 14.8. The van der Waals surface area contributed by atoms with E-state index in [0.717, 1.165) is 12.0 Å². The van der Waals surface area contributed by atoms with E-state index in [2.05, 4.69) is 31.0 Å². The smallest absolute Gasteiger partial charge is 0.0309 e. The van der Waals surface area contributed by atoms with Crippen LogP contribution in [0.4, 0.5) is 0 Å². The summed E-state index contributed by atoms with van der Waals surface area (Å²) in [6.07, 6.45) is 12.9. The van der Waals surface area contributed by atoms with Crippen molar-refractivity contribution in [2.24, 2.45) is 5.92 Å². The molecule has 1 unspecified atom stereocenters. The van der Waals surface area contributed by atoms with Crippen molar-refractivity contribution in [3.63, 3.8) is 0 Å². The van der Waals surface area contributed by atoms with Crippen molar-refractivity contribution in [2.45, 2.75) is 95.7 Å². The van der Waals surface area contributed by atoms with E-state index in [-0.39, 0.29) is 0 Å². The highest BCUT2D eigenvalue weighted by atomic mass is 15.3. The number of nitrogens with one attached hydrogen (secondary N) is 1. The number of hydrogen-bond acceptors (Lipinski definition) is 2. The first-order valence-corrected chi connectivity index (χ1v) is 9.13. The van der Waals surface area contributed by atoms with Crippen molar-refractivity contribution in [1.29, 1.82) is 0 Å². The molecule has 1 saturated heterocycles. The third-order valence-electron chi connectivity index (χ3n) is 6.69. The molecule has 2 aliphatic carbocycles. The van der Waals surface area contributed by atoms with Crippen LogP contribution in [0.3, 0.4) is 0 Å². The largest absolute Gasteiger partial charge is 0.308 e. The van der Waals surface area contributed by atoms with Gasteiger partial charge in [0.25, 0.3) is 0 Å². The van der Waals surface area contributed by atoms with E-state index in [9.17, 15) is 0 Å². The van der Waals surface area contributed by atoms with Gasteiger partial charge in [-0.25, -0.2) is 0 Å². The van der Waals surface area contributed by atoms with Gasteiger partial charge in [-0.2, -0.15) is 0 Å². The minimum Gasteiger partial charge on any atom is -0.308 e. The van der Waals surface area contributed by atoms with Gasteiger partial charge >= 0.3 is 0 Å². The highest BCUT2D eigenvalue weighted by Crippen LogP contribution is 2.45. The van der Waals surface area contributed by atoms with Crippen molar-refractivity contribution < 1.29 is 0 Å². The molecule has 1 spiro atoms. The Kier molecular flexibility index (Phi) is 4.16. The lowest BCUT2D eigenvalue weighted by molar-refractivity contribution is -0.0806. The second kappa shape index (κ2) is 5.61. The normalized spacial score (nSPS) is 33.3. The average Bonchev–Trinajstić information content (AvgIpc) is 2.39. The number of rotatable bonds is 3. The summed E-state index contributed by atoms with van der Waals surface area (Å²) in [7, 11) is 0. The van der Waals surface area contributed by atoms with E-state index in [1.54, 1.807) is 0 Å². The van der Waals surface area contributed by atoms with Crippen molar-refractivity contribution in [2.75, 3.05) is 13.1 Å². The Bertz CT molecular complexity index is 321. The summed E-state index contributed by atoms with van der Waals surface area (Å²) in [5.41, 5.74) is 1.02. The van der Waals surface area contributed by atoms with Crippen molar-refractivity contribution in [3.05, 3.63) is 0 Å². The minimum absolute atomic E-state index is 0.460. The van der Waals surface area contributed by atoms with Crippen LogP contribution >= 0.6 is 0 Å². The molecule has 3 aliphatic rings. The quantitative estimate of drug-likeness (QED) is 0.841. The van der Waals surface area contributed by atoms with Crippen molar-refractivity contribution >= 4 is 0 Å². The Hall–Kier alpha value is -0.0800. The minimum atomic E-state index is 0.460. The van der Waals surface area contributed by atoms with E-state index in [0.29, 0.717) is 11.1 Å². The van der Waals surface area contributed by atoms with Gasteiger partial charge in [0.2, 0.25) is 0 Å². The van der Waals surface area contributed by atoms with Gasteiger partial charge in [0.1, 0.15) is 0 Å². The summed E-state index contributed by atoms with van der Waals surface area (Å²) in [4.78, 5) is 2.98. The lowest BCUT2D eigenvalue weighted by Gasteiger charge is -2.60. The predicted molar refractivity (Wildman–Crippen MR) is 86.0 cm³/mol. The second-order valence-corrected chi connectivity index (χ2v) is 8.09. The molecule has 0 radical (unpaired) electrons. The molecule has 1 heterocycles. The Labute approximate surface area is 125 Å². The molecule has 0 aromatic carbocycles. The van der Waals surface area contributed by atoms with Gasteiger partial charge in [0, 0.05) is 30.2 Å². The zero-order valence-corrected chi connectivity index (χ0v) is 13.9. The average molecular weight is 278 g/mol. The van der Waals surface area contributed by atoms with Gasteiger partial charge in [-0.15, -0.1) is 0 Å². The van der Waals surface area contributed by atoms with E-state index in [1.807, 2.05) is 0 Å². The van der Waals surface area contributed by atoms with Gasteiger partial charge in [-0.3, -0.25) is 4.90 Å². The number of nitrogens with zero attached hydrogens (tertiary/aromatic N) is 1. The summed E-state index contributed by atoms with van der Waals surface area (Å²) in [6.45, 7) is 9.80. The lowest BCUT2D eigenvalue weighted by atomic mass is 9.69. The molecular formula is C18H34N2. The van der Waals surface area contributed by atoms with E-state index in [1.165, 1.54) is 70.9 Å². The Morgan fingerprint density at radius 3 is 2.25 bits per heavy atom. The molecule has 1 aliphatic heterocycles. The number of piperazine rings is 1. The fourth-order valence-electron chi connectivity index (χ4n) is 5.04. The van der Waals surface area contributed by atoms with Crippen LogP contribution in [0.15, 0.2) is 0 Å². The predicted octanol–water partition coefficient (Wildman–Crippen LogP) is 3.95. The van der Waals surface area contributed by atoms with Gasteiger partial charge in [-0.1, -0.05) is 40.0 Å². The zero-order valence-electron chi connectivity index (χ0n) is 13.9. The van der Waals surface area contributed by atoms with Gasteiger partial charge in [0.15, 0.2) is 0 Å². The van der Waals surface area contributed by atoms with Crippen LogP contribution in [0.25, 0.3) is 0 Å². The van der Waals surface area contributed by atoms with Crippen molar-refractivity contribution in [1.82, 2.24) is 10.2 Å². The first-order valence-electron chi connectivity index (χ1n) is 9.13. The molecule has 2 saturated carbocycles. The van der Waals surface area contributed by atoms with Gasteiger partial charge in [0.05, 0.1) is 0 Å². The highest BCUT2D eigenvalue weighted by molar-refractivity contribution is 5.08. The van der Waals surface area contributed by atoms with Gasteiger partial charge in [-0.05, 0) is 44.4 Å². The maximum Gasteiger partial charge on any atom is 0.0309 e. The molecule has 3 rings (SSSR count). The lowest BCUT2D eigenvalue weighted by Crippen LogP contribution is -2.72. The highest BCUT2D eigenvalue weighted by Gasteiger charge is 2.50. The van der Waals surface area contributed by atoms with E-state index < -0.39 is 0 Å². The van der Waals surface area contributed by atoms with Crippen LogP contribution in [-0.4, -0.2) is 35.1 Å². The summed E-state index contributed by atoms with van der Waals surface area (Å²) >= 11 is 0. The van der Waals surface area contributed by atoms with Crippen LogP contribution < -0.4 is 5.32 Å². The third kappa shape index (κ3) is 2.43. The Morgan fingerprint density at radius 2 is 1.75 bits per heavy atom. The van der Waals surface area contributed by atoms with Crippen LogP contribution in [0.5, 0.6) is 0 Å². The van der Waals surface area contributed by atoms with Crippen molar-refractivity contribution in [3.8, 4) is 0 Å². The molecule has 0 aromatic rings. The van der Waals surface area contributed by atoms with Gasteiger partial charge < -0.3 is 5.32 Å². The van der Waals surface area contributed by atoms with Crippen LogP contribution in [0, 0.1) is 5.92 Å². The molecule has 116 valence electrons. The zero-order chi connectivity index (χ0) is 14.2. The van der Waals surface area contributed by atoms with Crippen LogP contribution in [0.1, 0.15) is 78.6 Å². The molecule has 0 bridgehead atoms. The van der Waals surface area contributed by atoms with Crippen LogP contribution in [-0.2, 0) is 0 Å². The molecule has 2 heteroatoms. The van der Waals surface area contributed by atoms with E-state index >= 15 is 0 Å². The SMILES string of the molecule is CCC1(N2CC3(CCCCC3)NCC2C(C)C)CCC1.